The molecule has 0 spiro atoms. The summed E-state index contributed by atoms with van der Waals surface area (Å²) in [5, 5.41) is 7.79. The topological polar surface area (TPSA) is 72.8 Å². The van der Waals surface area contributed by atoms with Crippen molar-refractivity contribution < 1.29 is 24.2 Å². The van der Waals surface area contributed by atoms with Gasteiger partial charge in [-0.25, -0.2) is 4.79 Å². The van der Waals surface area contributed by atoms with Crippen molar-refractivity contribution in [2.24, 2.45) is 0 Å². The van der Waals surface area contributed by atoms with Crippen LogP contribution < -0.4 is 0 Å². The fourth-order valence-electron chi connectivity index (χ4n) is 0.484. The molecule has 0 bridgehead atoms. The number of rotatable bonds is 5. The molecule has 0 aliphatic carbocycles. The highest BCUT2D eigenvalue weighted by Crippen LogP contribution is 1.86. The normalized spacial score (nSPS) is 8.50. The van der Waals surface area contributed by atoms with Gasteiger partial charge in [0.2, 0.25) is 0 Å². The van der Waals surface area contributed by atoms with Gasteiger partial charge >= 0.3 is 11.9 Å². The molecule has 0 atom stereocenters. The van der Waals surface area contributed by atoms with E-state index in [-0.39, 0.29) is 12.6 Å². The lowest BCUT2D eigenvalue weighted by atomic mass is 10.4. The van der Waals surface area contributed by atoms with Crippen molar-refractivity contribution in [3.05, 3.63) is 0 Å². The lowest BCUT2D eigenvalue weighted by Crippen LogP contribution is -2.02. The van der Waals surface area contributed by atoms with Crippen LogP contribution in [0.4, 0.5) is 0 Å². The molecule has 0 aliphatic heterocycles. The first-order chi connectivity index (χ1) is 6.54. The van der Waals surface area contributed by atoms with Gasteiger partial charge in [0.25, 0.3) is 0 Å². The SMILES string of the molecule is CCCCOC(C)=O.COCC(=O)O. The lowest BCUT2D eigenvalue weighted by Gasteiger charge is -1.96. The van der Waals surface area contributed by atoms with Crippen LogP contribution >= 0.6 is 0 Å². The van der Waals surface area contributed by atoms with Crippen LogP contribution in [0.3, 0.4) is 0 Å². The van der Waals surface area contributed by atoms with Crippen molar-refractivity contribution >= 4 is 11.9 Å². The third-order valence-electron chi connectivity index (χ3n) is 1.07. The summed E-state index contributed by atoms with van der Waals surface area (Å²) < 4.78 is 8.85. The van der Waals surface area contributed by atoms with E-state index in [1.54, 1.807) is 0 Å². The highest BCUT2D eigenvalue weighted by Gasteiger charge is 1.88. The second-order valence-electron chi connectivity index (χ2n) is 2.52. The van der Waals surface area contributed by atoms with E-state index in [4.69, 9.17) is 5.11 Å². The van der Waals surface area contributed by atoms with Gasteiger partial charge in [-0.3, -0.25) is 4.79 Å². The molecule has 0 fully saturated rings. The zero-order valence-electron chi connectivity index (χ0n) is 8.91. The monoisotopic (exact) mass is 206 g/mol. The zero-order chi connectivity index (χ0) is 11.4. The summed E-state index contributed by atoms with van der Waals surface area (Å²) in [6, 6.07) is 0. The van der Waals surface area contributed by atoms with Crippen LogP contribution in [-0.2, 0) is 19.1 Å². The van der Waals surface area contributed by atoms with Crippen molar-refractivity contribution in [2.45, 2.75) is 26.7 Å². The average molecular weight is 206 g/mol. The van der Waals surface area contributed by atoms with Crippen molar-refractivity contribution in [2.75, 3.05) is 20.3 Å². The molecular weight excluding hydrogens is 188 g/mol. The highest BCUT2D eigenvalue weighted by molar-refractivity contribution is 5.67. The van der Waals surface area contributed by atoms with Crippen molar-refractivity contribution in [1.29, 1.82) is 0 Å². The predicted molar refractivity (Wildman–Crippen MR) is 51.1 cm³/mol. The first-order valence-corrected chi connectivity index (χ1v) is 4.38. The molecule has 5 nitrogen and oxygen atoms in total. The van der Waals surface area contributed by atoms with Gasteiger partial charge in [-0.1, -0.05) is 13.3 Å². The maximum Gasteiger partial charge on any atom is 0.329 e. The standard InChI is InChI=1S/C6H12O2.C3H6O3/c1-3-4-5-8-6(2)7;1-6-2-3(4)5/h3-5H2,1-2H3;2H2,1H3,(H,4,5). The molecule has 0 amide bonds. The number of esters is 1. The molecule has 1 N–H and O–H groups in total. The van der Waals surface area contributed by atoms with Gasteiger partial charge in [0.1, 0.15) is 6.61 Å². The summed E-state index contributed by atoms with van der Waals surface area (Å²) in [6.45, 7) is 3.85. The Morgan fingerprint density at radius 1 is 1.36 bits per heavy atom. The van der Waals surface area contributed by atoms with E-state index in [9.17, 15) is 9.59 Å². The van der Waals surface area contributed by atoms with Crippen molar-refractivity contribution in [1.82, 2.24) is 0 Å². The number of ether oxygens (including phenoxy) is 2. The molecule has 0 unspecified atom stereocenters. The number of carboxylic acids is 1. The number of carboxylic acid groups (broad SMARTS) is 1. The Kier molecular flexibility index (Phi) is 13.1. The maximum atomic E-state index is 10.1. The van der Waals surface area contributed by atoms with E-state index in [0.717, 1.165) is 12.8 Å². The summed E-state index contributed by atoms with van der Waals surface area (Å²) in [7, 11) is 1.34. The number of carbonyl (C=O) groups is 2. The first kappa shape index (κ1) is 15.4. The van der Waals surface area contributed by atoms with Crippen molar-refractivity contribution in [3.8, 4) is 0 Å². The Morgan fingerprint density at radius 2 is 1.93 bits per heavy atom. The second kappa shape index (κ2) is 11.9. The molecular formula is C9H18O5. The number of hydrogen-bond donors (Lipinski definition) is 1. The zero-order valence-corrected chi connectivity index (χ0v) is 8.91. The molecule has 0 aromatic carbocycles. The summed E-state index contributed by atoms with van der Waals surface area (Å²) in [5.74, 6) is -1.11. The minimum absolute atomic E-state index is 0.182. The van der Waals surface area contributed by atoms with Crippen molar-refractivity contribution in [3.63, 3.8) is 0 Å². The molecule has 0 saturated heterocycles. The number of carbonyl (C=O) groups excluding carboxylic acids is 1. The van der Waals surface area contributed by atoms with E-state index in [1.807, 2.05) is 0 Å². The van der Waals surface area contributed by atoms with E-state index in [0.29, 0.717) is 6.61 Å². The predicted octanol–water partition coefficient (Wildman–Crippen LogP) is 1.07. The van der Waals surface area contributed by atoms with Gasteiger partial charge in [-0.05, 0) is 6.42 Å². The molecule has 0 saturated carbocycles. The fraction of sp³-hybridized carbons (Fsp3) is 0.778. The number of aliphatic carboxylic acids is 1. The van der Waals surface area contributed by atoms with Crippen LogP contribution in [0.1, 0.15) is 26.7 Å². The molecule has 0 aliphatic rings. The minimum Gasteiger partial charge on any atom is -0.480 e. The van der Waals surface area contributed by atoms with Gasteiger partial charge in [0.15, 0.2) is 0 Å². The molecule has 84 valence electrons. The summed E-state index contributed by atoms with van der Waals surface area (Å²) in [4.78, 5) is 19.6. The molecule has 5 heteroatoms. The van der Waals surface area contributed by atoms with Crippen LogP contribution in [0.25, 0.3) is 0 Å². The van der Waals surface area contributed by atoms with Gasteiger partial charge in [-0.2, -0.15) is 0 Å². The van der Waals surface area contributed by atoms with E-state index in [2.05, 4.69) is 16.4 Å². The van der Waals surface area contributed by atoms with Crippen LogP contribution in [0.2, 0.25) is 0 Å². The Balaban J connectivity index is 0. The molecule has 0 aromatic heterocycles. The van der Waals surface area contributed by atoms with Crippen LogP contribution in [0.5, 0.6) is 0 Å². The van der Waals surface area contributed by atoms with Crippen LogP contribution in [0.15, 0.2) is 0 Å². The number of methoxy groups -OCH3 is 1. The Labute approximate surface area is 84.0 Å². The molecule has 0 rings (SSSR count). The quantitative estimate of drug-likeness (QED) is 0.538. The third kappa shape index (κ3) is 22.4. The molecule has 0 heterocycles. The van der Waals surface area contributed by atoms with Gasteiger partial charge in [0.05, 0.1) is 6.61 Å². The van der Waals surface area contributed by atoms with Gasteiger partial charge in [0, 0.05) is 14.0 Å². The van der Waals surface area contributed by atoms with E-state index < -0.39 is 5.97 Å². The number of unbranched alkanes of at least 4 members (excludes halogenated alkanes) is 1. The first-order valence-electron chi connectivity index (χ1n) is 4.38. The summed E-state index contributed by atoms with van der Waals surface area (Å²) in [6.07, 6.45) is 2.05. The third-order valence-corrected chi connectivity index (χ3v) is 1.07. The van der Waals surface area contributed by atoms with E-state index >= 15 is 0 Å². The van der Waals surface area contributed by atoms with E-state index in [1.165, 1.54) is 14.0 Å². The fourth-order valence-corrected chi connectivity index (χ4v) is 0.484. The Bertz CT molecular complexity index is 155. The molecule has 0 aromatic rings. The highest BCUT2D eigenvalue weighted by atomic mass is 16.5. The molecule has 0 radical (unpaired) electrons. The average Bonchev–Trinajstić information content (AvgIpc) is 2.05. The van der Waals surface area contributed by atoms with Gasteiger partial charge in [-0.15, -0.1) is 0 Å². The summed E-state index contributed by atoms with van der Waals surface area (Å²) >= 11 is 0. The largest absolute Gasteiger partial charge is 0.480 e. The molecule has 14 heavy (non-hydrogen) atoms. The maximum absolute atomic E-state index is 10.1. The number of hydrogen-bond acceptors (Lipinski definition) is 4. The van der Waals surface area contributed by atoms with Gasteiger partial charge < -0.3 is 14.6 Å². The lowest BCUT2D eigenvalue weighted by molar-refractivity contribution is -0.142. The smallest absolute Gasteiger partial charge is 0.329 e. The Hall–Kier alpha value is -1.10. The Morgan fingerprint density at radius 3 is 2.14 bits per heavy atom. The summed E-state index contributed by atoms with van der Waals surface area (Å²) in [5.41, 5.74) is 0. The minimum atomic E-state index is -0.933. The van der Waals surface area contributed by atoms with Crippen LogP contribution in [0, 0.1) is 0 Å². The van der Waals surface area contributed by atoms with Crippen LogP contribution in [-0.4, -0.2) is 37.4 Å². The second-order valence-corrected chi connectivity index (χ2v) is 2.52.